The molecule has 2 saturated heterocycles. The quantitative estimate of drug-likeness (QED) is 0.354. The van der Waals surface area contributed by atoms with Crippen LogP contribution in [-0.2, 0) is 19.2 Å². The Bertz CT molecular complexity index is 1070. The second-order valence-corrected chi connectivity index (χ2v) is 10.1. The lowest BCUT2D eigenvalue weighted by atomic mass is 9.92. The van der Waals surface area contributed by atoms with Gasteiger partial charge in [-0.3, -0.25) is 19.2 Å². The maximum atomic E-state index is 14.0. The van der Waals surface area contributed by atoms with Gasteiger partial charge in [-0.2, -0.15) is 0 Å². The minimum Gasteiger partial charge on any atom is -0.358 e. The topological polar surface area (TPSA) is 134 Å². The van der Waals surface area contributed by atoms with Crippen LogP contribution in [0.25, 0.3) is 0 Å². The molecular formula is C29H37N5O4. The number of carbonyl (C=O) groups is 4. The van der Waals surface area contributed by atoms with E-state index in [1.165, 1.54) is 0 Å². The van der Waals surface area contributed by atoms with Crippen LogP contribution in [0.4, 0.5) is 0 Å². The smallest absolute Gasteiger partial charge is 0.246 e. The Kier molecular flexibility index (Phi) is 9.12. The van der Waals surface area contributed by atoms with E-state index in [9.17, 15) is 19.2 Å². The molecule has 2 aliphatic rings. The van der Waals surface area contributed by atoms with Crippen molar-refractivity contribution in [2.45, 2.75) is 69.2 Å². The lowest BCUT2D eigenvalue weighted by Gasteiger charge is -2.33. The van der Waals surface area contributed by atoms with Gasteiger partial charge in [-0.25, -0.2) is 0 Å². The number of benzene rings is 2. The van der Waals surface area contributed by atoms with Crippen LogP contribution in [0.15, 0.2) is 60.7 Å². The SMILES string of the molecule is CC[C@H](N)C(=O)N[C@@H]1C(=O)N2[C@@H](CC[C@@H]1CNC=O)CC[C@H]2C(=O)NC(c1ccccc1)c1ccccc1. The highest BCUT2D eigenvalue weighted by atomic mass is 16.2. The molecule has 38 heavy (non-hydrogen) atoms. The van der Waals surface area contributed by atoms with Crippen molar-refractivity contribution in [1.29, 1.82) is 0 Å². The van der Waals surface area contributed by atoms with Crippen LogP contribution in [0.1, 0.15) is 56.2 Å². The summed E-state index contributed by atoms with van der Waals surface area (Å²) in [7, 11) is 0. The molecule has 0 spiro atoms. The van der Waals surface area contributed by atoms with E-state index < -0.39 is 24.0 Å². The van der Waals surface area contributed by atoms with Crippen molar-refractivity contribution in [3.8, 4) is 0 Å². The number of rotatable bonds is 10. The molecule has 0 bridgehead atoms. The normalized spacial score (nSPS) is 23.8. The fourth-order valence-electron chi connectivity index (χ4n) is 5.63. The maximum Gasteiger partial charge on any atom is 0.246 e. The van der Waals surface area contributed by atoms with Gasteiger partial charge in [-0.1, -0.05) is 67.6 Å². The highest BCUT2D eigenvalue weighted by Crippen LogP contribution is 2.34. The van der Waals surface area contributed by atoms with Crippen molar-refractivity contribution in [1.82, 2.24) is 20.9 Å². The van der Waals surface area contributed by atoms with Crippen LogP contribution in [-0.4, -0.2) is 59.7 Å². The lowest BCUT2D eigenvalue weighted by molar-refractivity contribution is -0.143. The maximum absolute atomic E-state index is 14.0. The largest absolute Gasteiger partial charge is 0.358 e. The first-order chi connectivity index (χ1) is 18.4. The second kappa shape index (κ2) is 12.7. The third kappa shape index (κ3) is 6.05. The average Bonchev–Trinajstić information content (AvgIpc) is 3.34. The van der Waals surface area contributed by atoms with Gasteiger partial charge in [0.2, 0.25) is 24.1 Å². The van der Waals surface area contributed by atoms with Gasteiger partial charge in [0.25, 0.3) is 0 Å². The average molecular weight is 520 g/mol. The summed E-state index contributed by atoms with van der Waals surface area (Å²) < 4.78 is 0. The molecule has 0 aliphatic carbocycles. The first-order valence-corrected chi connectivity index (χ1v) is 13.4. The number of nitrogens with two attached hydrogens (primary N) is 1. The van der Waals surface area contributed by atoms with Crippen LogP contribution >= 0.6 is 0 Å². The number of hydrogen-bond acceptors (Lipinski definition) is 5. The van der Waals surface area contributed by atoms with Gasteiger partial charge in [-0.05, 0) is 43.2 Å². The number of carbonyl (C=O) groups excluding carboxylic acids is 4. The Morgan fingerprint density at radius 1 is 1.00 bits per heavy atom. The first kappa shape index (κ1) is 27.3. The van der Waals surface area contributed by atoms with E-state index in [4.69, 9.17) is 5.73 Å². The number of fused-ring (bicyclic) bond motifs is 1. The summed E-state index contributed by atoms with van der Waals surface area (Å²) in [5, 5.41) is 8.70. The number of nitrogens with one attached hydrogen (secondary N) is 3. The summed E-state index contributed by atoms with van der Waals surface area (Å²) in [6.45, 7) is 2.06. The molecule has 0 radical (unpaired) electrons. The molecule has 5 N–H and O–H groups in total. The zero-order chi connectivity index (χ0) is 27.1. The minimum absolute atomic E-state index is 0.106. The van der Waals surface area contributed by atoms with Gasteiger partial charge in [-0.15, -0.1) is 0 Å². The Balaban J connectivity index is 1.59. The Morgan fingerprint density at radius 2 is 1.61 bits per heavy atom. The zero-order valence-corrected chi connectivity index (χ0v) is 21.7. The van der Waals surface area contributed by atoms with Gasteiger partial charge in [0.05, 0.1) is 12.1 Å². The highest BCUT2D eigenvalue weighted by Gasteiger charge is 2.47. The third-order valence-electron chi connectivity index (χ3n) is 7.76. The molecule has 0 unspecified atom stereocenters. The highest BCUT2D eigenvalue weighted by molar-refractivity contribution is 5.94. The van der Waals surface area contributed by atoms with Crippen LogP contribution in [0.3, 0.4) is 0 Å². The third-order valence-corrected chi connectivity index (χ3v) is 7.76. The minimum atomic E-state index is -0.870. The zero-order valence-electron chi connectivity index (χ0n) is 21.7. The van der Waals surface area contributed by atoms with Crippen LogP contribution < -0.4 is 21.7 Å². The summed E-state index contributed by atoms with van der Waals surface area (Å²) in [6.07, 6.45) is 3.59. The van der Waals surface area contributed by atoms with Crippen molar-refractivity contribution in [3.05, 3.63) is 71.8 Å². The molecule has 0 saturated carbocycles. The predicted molar refractivity (Wildman–Crippen MR) is 144 cm³/mol. The summed E-state index contributed by atoms with van der Waals surface area (Å²) in [4.78, 5) is 53.1. The Hall–Kier alpha value is -3.72. The monoisotopic (exact) mass is 519 g/mol. The van der Waals surface area contributed by atoms with E-state index >= 15 is 0 Å². The molecule has 2 aromatic rings. The molecule has 2 fully saturated rings. The fraction of sp³-hybridized carbons (Fsp3) is 0.448. The van der Waals surface area contributed by atoms with Crippen molar-refractivity contribution in [2.24, 2.45) is 11.7 Å². The van der Waals surface area contributed by atoms with Crippen LogP contribution in [0.5, 0.6) is 0 Å². The van der Waals surface area contributed by atoms with Gasteiger partial charge in [0.15, 0.2) is 0 Å². The Morgan fingerprint density at radius 3 is 2.18 bits per heavy atom. The van der Waals surface area contributed by atoms with Gasteiger partial charge >= 0.3 is 0 Å². The lowest BCUT2D eigenvalue weighted by Crippen LogP contribution is -2.59. The van der Waals surface area contributed by atoms with E-state index in [1.807, 2.05) is 60.7 Å². The molecular weight excluding hydrogens is 482 g/mol. The summed E-state index contributed by atoms with van der Waals surface area (Å²) >= 11 is 0. The summed E-state index contributed by atoms with van der Waals surface area (Å²) in [5.41, 5.74) is 7.83. The summed E-state index contributed by atoms with van der Waals surface area (Å²) in [6, 6.07) is 16.7. The van der Waals surface area contributed by atoms with E-state index in [0.717, 1.165) is 11.1 Å². The number of amides is 4. The molecule has 2 heterocycles. The molecule has 202 valence electrons. The standard InChI is InChI=1S/C29H37N5O4/c1-2-23(30)27(36)33-26-21(17-31-18-35)13-14-22-15-16-24(34(22)29(26)38)28(37)32-25(19-9-5-3-6-10-19)20-11-7-4-8-12-20/h3-12,18,21-26H,2,13-17,30H2,1H3,(H,31,35)(H,32,37)(H,33,36)/t21-,22+,23+,24+,26+/m1/s1. The van der Waals surface area contributed by atoms with Gasteiger partial charge < -0.3 is 26.6 Å². The molecule has 4 amide bonds. The van der Waals surface area contributed by atoms with Crippen molar-refractivity contribution in [2.75, 3.05) is 6.54 Å². The van der Waals surface area contributed by atoms with Crippen molar-refractivity contribution >= 4 is 24.1 Å². The number of hydrogen-bond donors (Lipinski definition) is 4. The fourth-order valence-corrected chi connectivity index (χ4v) is 5.63. The molecule has 4 rings (SSSR count). The predicted octanol–water partition coefficient (Wildman–Crippen LogP) is 1.63. The van der Waals surface area contributed by atoms with Crippen molar-refractivity contribution in [3.63, 3.8) is 0 Å². The van der Waals surface area contributed by atoms with E-state index in [2.05, 4.69) is 16.0 Å². The molecule has 2 aromatic carbocycles. The molecule has 9 heteroatoms. The van der Waals surface area contributed by atoms with Crippen LogP contribution in [0.2, 0.25) is 0 Å². The second-order valence-electron chi connectivity index (χ2n) is 10.1. The molecule has 2 aliphatic heterocycles. The molecule has 5 atom stereocenters. The van der Waals surface area contributed by atoms with Crippen LogP contribution in [0, 0.1) is 5.92 Å². The molecule has 0 aromatic heterocycles. The first-order valence-electron chi connectivity index (χ1n) is 13.4. The van der Waals surface area contributed by atoms with Gasteiger partial charge in [0.1, 0.15) is 12.1 Å². The van der Waals surface area contributed by atoms with E-state index in [0.29, 0.717) is 38.5 Å². The number of nitrogens with zero attached hydrogens (tertiary/aromatic N) is 1. The van der Waals surface area contributed by atoms with Crippen molar-refractivity contribution < 1.29 is 19.2 Å². The van der Waals surface area contributed by atoms with E-state index in [1.54, 1.807) is 11.8 Å². The van der Waals surface area contributed by atoms with Gasteiger partial charge in [0, 0.05) is 18.5 Å². The molecule has 9 nitrogen and oxygen atoms in total. The van der Waals surface area contributed by atoms with E-state index in [-0.39, 0.29) is 36.4 Å². The summed E-state index contributed by atoms with van der Waals surface area (Å²) in [5.74, 6) is -1.22. The Labute approximate surface area is 223 Å².